The largest absolute Gasteiger partial charge is 0.497 e. The molecule has 0 heterocycles. The van der Waals surface area contributed by atoms with Crippen LogP contribution in [0.3, 0.4) is 0 Å². The maximum absolute atomic E-state index is 12.6. The second kappa shape index (κ2) is 9.62. The van der Waals surface area contributed by atoms with Crippen molar-refractivity contribution in [1.29, 1.82) is 0 Å². The monoisotopic (exact) mass is 462 g/mol. The van der Waals surface area contributed by atoms with Crippen molar-refractivity contribution in [2.75, 3.05) is 23.8 Å². The molecule has 8 heteroatoms. The molecule has 168 valence electrons. The van der Waals surface area contributed by atoms with Gasteiger partial charge in [0.2, 0.25) is 0 Å². The molecule has 0 aromatic heterocycles. The Labute approximate surface area is 192 Å². The zero-order valence-corrected chi connectivity index (χ0v) is 18.6. The Bertz CT molecular complexity index is 1360. The molecule has 0 aliphatic rings. The van der Waals surface area contributed by atoms with Crippen LogP contribution in [0.2, 0.25) is 0 Å². The molecule has 0 saturated heterocycles. The molecular weight excluding hydrogens is 440 g/mol. The Kier molecular flexibility index (Phi) is 6.46. The van der Waals surface area contributed by atoms with Crippen molar-refractivity contribution in [3.63, 3.8) is 0 Å². The van der Waals surface area contributed by atoms with Crippen LogP contribution in [0, 0.1) is 0 Å². The van der Waals surface area contributed by atoms with Crippen LogP contribution in [0.1, 0.15) is 0 Å². The second-order valence-corrected chi connectivity index (χ2v) is 8.85. The predicted octanol–water partition coefficient (Wildman–Crippen LogP) is 4.67. The molecule has 2 N–H and O–H groups in total. The van der Waals surface area contributed by atoms with E-state index in [0.717, 1.165) is 10.8 Å². The van der Waals surface area contributed by atoms with E-state index in [9.17, 15) is 13.2 Å². The quantitative estimate of drug-likeness (QED) is 0.397. The fourth-order valence-corrected chi connectivity index (χ4v) is 4.31. The van der Waals surface area contributed by atoms with Gasteiger partial charge in [-0.05, 0) is 60.0 Å². The topological polar surface area (TPSA) is 93.7 Å². The highest BCUT2D eigenvalue weighted by Crippen LogP contribution is 2.25. The summed E-state index contributed by atoms with van der Waals surface area (Å²) in [6.07, 6.45) is 0. The van der Waals surface area contributed by atoms with E-state index < -0.39 is 10.0 Å². The first-order chi connectivity index (χ1) is 15.9. The standard InChI is InChI=1S/C25H22N2O5S/c1-31-21-13-9-20(10-14-21)27-33(29,30)22-15-11-19(12-16-22)26-25(28)17-32-24-8-4-6-18-5-2-3-7-23(18)24/h2-16,27H,17H2,1H3,(H,26,28). The van der Waals surface area contributed by atoms with E-state index in [1.165, 1.54) is 31.4 Å². The average Bonchev–Trinajstić information content (AvgIpc) is 2.83. The maximum atomic E-state index is 12.6. The molecule has 0 atom stereocenters. The number of methoxy groups -OCH3 is 1. The molecule has 0 saturated carbocycles. The smallest absolute Gasteiger partial charge is 0.262 e. The van der Waals surface area contributed by atoms with E-state index >= 15 is 0 Å². The molecule has 33 heavy (non-hydrogen) atoms. The average molecular weight is 463 g/mol. The summed E-state index contributed by atoms with van der Waals surface area (Å²) in [4.78, 5) is 12.4. The molecule has 4 aromatic carbocycles. The molecule has 0 bridgehead atoms. The van der Waals surface area contributed by atoms with Crippen LogP contribution in [-0.2, 0) is 14.8 Å². The summed E-state index contributed by atoms with van der Waals surface area (Å²) in [6, 6.07) is 25.9. The Hall–Kier alpha value is -4.04. The number of anilines is 2. The van der Waals surface area contributed by atoms with Gasteiger partial charge in [0, 0.05) is 16.8 Å². The number of sulfonamides is 1. The highest BCUT2D eigenvalue weighted by molar-refractivity contribution is 7.92. The highest BCUT2D eigenvalue weighted by atomic mass is 32.2. The lowest BCUT2D eigenvalue weighted by Crippen LogP contribution is -2.20. The van der Waals surface area contributed by atoms with Crippen molar-refractivity contribution < 1.29 is 22.7 Å². The minimum absolute atomic E-state index is 0.0725. The van der Waals surface area contributed by atoms with Gasteiger partial charge in [0.25, 0.3) is 15.9 Å². The molecule has 4 aromatic rings. The van der Waals surface area contributed by atoms with E-state index in [2.05, 4.69) is 10.0 Å². The SMILES string of the molecule is COc1ccc(NS(=O)(=O)c2ccc(NC(=O)COc3cccc4ccccc34)cc2)cc1. The van der Waals surface area contributed by atoms with Gasteiger partial charge in [0.05, 0.1) is 12.0 Å². The zero-order chi connectivity index (χ0) is 23.3. The van der Waals surface area contributed by atoms with E-state index in [1.54, 1.807) is 24.3 Å². The lowest BCUT2D eigenvalue weighted by molar-refractivity contribution is -0.118. The molecule has 0 spiro atoms. The predicted molar refractivity (Wildman–Crippen MR) is 128 cm³/mol. The number of ether oxygens (including phenoxy) is 2. The van der Waals surface area contributed by atoms with Crippen LogP contribution in [0.25, 0.3) is 10.8 Å². The van der Waals surface area contributed by atoms with E-state index in [0.29, 0.717) is 22.9 Å². The van der Waals surface area contributed by atoms with Crippen LogP contribution >= 0.6 is 0 Å². The van der Waals surface area contributed by atoms with Gasteiger partial charge in [0.1, 0.15) is 11.5 Å². The molecule has 0 aliphatic heterocycles. The van der Waals surface area contributed by atoms with Crippen LogP contribution in [0.4, 0.5) is 11.4 Å². The minimum Gasteiger partial charge on any atom is -0.497 e. The summed E-state index contributed by atoms with van der Waals surface area (Å²) >= 11 is 0. The number of nitrogens with one attached hydrogen (secondary N) is 2. The van der Waals surface area contributed by atoms with Crippen molar-refractivity contribution in [1.82, 2.24) is 0 Å². The Balaban J connectivity index is 1.36. The third kappa shape index (κ3) is 5.42. The van der Waals surface area contributed by atoms with Crippen LogP contribution in [-0.4, -0.2) is 28.0 Å². The third-order valence-corrected chi connectivity index (χ3v) is 6.30. The maximum Gasteiger partial charge on any atom is 0.262 e. The lowest BCUT2D eigenvalue weighted by Gasteiger charge is -2.11. The Morgan fingerprint density at radius 3 is 2.21 bits per heavy atom. The Morgan fingerprint density at radius 2 is 1.48 bits per heavy atom. The molecule has 0 radical (unpaired) electrons. The molecule has 0 unspecified atom stereocenters. The summed E-state index contributed by atoms with van der Waals surface area (Å²) < 4.78 is 38.5. The van der Waals surface area contributed by atoms with Crippen LogP contribution in [0.5, 0.6) is 11.5 Å². The number of hydrogen-bond acceptors (Lipinski definition) is 5. The van der Waals surface area contributed by atoms with Gasteiger partial charge in [-0.3, -0.25) is 9.52 Å². The molecule has 1 amide bonds. The van der Waals surface area contributed by atoms with E-state index in [-0.39, 0.29) is 17.4 Å². The molecule has 7 nitrogen and oxygen atoms in total. The third-order valence-electron chi connectivity index (χ3n) is 4.90. The van der Waals surface area contributed by atoms with E-state index in [4.69, 9.17) is 9.47 Å². The first-order valence-electron chi connectivity index (χ1n) is 10.1. The van der Waals surface area contributed by atoms with Crippen LogP contribution < -0.4 is 19.5 Å². The van der Waals surface area contributed by atoms with Crippen molar-refractivity contribution in [2.45, 2.75) is 4.90 Å². The fourth-order valence-electron chi connectivity index (χ4n) is 3.25. The number of rotatable bonds is 8. The molecule has 4 rings (SSSR count). The molecular formula is C25H22N2O5S. The van der Waals surface area contributed by atoms with Crippen molar-refractivity contribution in [3.05, 3.63) is 91.0 Å². The molecule has 0 fully saturated rings. The minimum atomic E-state index is -3.77. The summed E-state index contributed by atoms with van der Waals surface area (Å²) in [5.41, 5.74) is 0.878. The molecule has 0 aliphatic carbocycles. The summed E-state index contributed by atoms with van der Waals surface area (Å²) in [6.45, 7) is -0.174. The fraction of sp³-hybridized carbons (Fsp3) is 0.0800. The number of benzene rings is 4. The Morgan fingerprint density at radius 1 is 0.818 bits per heavy atom. The number of hydrogen-bond donors (Lipinski definition) is 2. The first kappa shape index (κ1) is 22.2. The number of fused-ring (bicyclic) bond motifs is 1. The van der Waals surface area contributed by atoms with Gasteiger partial charge in [-0.1, -0.05) is 36.4 Å². The van der Waals surface area contributed by atoms with Gasteiger partial charge in [-0.25, -0.2) is 8.42 Å². The highest BCUT2D eigenvalue weighted by Gasteiger charge is 2.15. The van der Waals surface area contributed by atoms with Crippen molar-refractivity contribution in [2.24, 2.45) is 0 Å². The zero-order valence-electron chi connectivity index (χ0n) is 17.8. The summed E-state index contributed by atoms with van der Waals surface area (Å²) in [5.74, 6) is 0.895. The lowest BCUT2D eigenvalue weighted by atomic mass is 10.1. The number of carbonyl (C=O) groups is 1. The normalized spacial score (nSPS) is 11.1. The number of amides is 1. The van der Waals surface area contributed by atoms with E-state index in [1.807, 2.05) is 42.5 Å². The van der Waals surface area contributed by atoms with Crippen LogP contribution in [0.15, 0.2) is 95.9 Å². The van der Waals surface area contributed by atoms with Gasteiger partial charge in [0.15, 0.2) is 6.61 Å². The van der Waals surface area contributed by atoms with Crippen molar-refractivity contribution >= 4 is 38.1 Å². The van der Waals surface area contributed by atoms with Gasteiger partial charge < -0.3 is 14.8 Å². The number of carbonyl (C=O) groups excluding carboxylic acids is 1. The van der Waals surface area contributed by atoms with Gasteiger partial charge in [-0.15, -0.1) is 0 Å². The van der Waals surface area contributed by atoms with Gasteiger partial charge >= 0.3 is 0 Å². The summed E-state index contributed by atoms with van der Waals surface area (Å²) in [5, 5.41) is 4.65. The first-order valence-corrected chi connectivity index (χ1v) is 11.6. The van der Waals surface area contributed by atoms with Gasteiger partial charge in [-0.2, -0.15) is 0 Å². The summed E-state index contributed by atoms with van der Waals surface area (Å²) in [7, 11) is -2.24. The van der Waals surface area contributed by atoms with Crippen molar-refractivity contribution in [3.8, 4) is 11.5 Å². The second-order valence-electron chi connectivity index (χ2n) is 7.17.